The van der Waals surface area contributed by atoms with Crippen molar-refractivity contribution in [3.63, 3.8) is 0 Å². The summed E-state index contributed by atoms with van der Waals surface area (Å²) >= 11 is 0. The molecule has 0 aromatic rings. The Kier molecular flexibility index (Phi) is 4.86. The van der Waals surface area contributed by atoms with E-state index < -0.39 is 17.9 Å². The first-order valence-electron chi connectivity index (χ1n) is 7.33. The van der Waals surface area contributed by atoms with Crippen LogP contribution in [0.15, 0.2) is 0 Å². The Balaban J connectivity index is 1.86. The highest BCUT2D eigenvalue weighted by Crippen LogP contribution is 2.26. The van der Waals surface area contributed by atoms with E-state index in [0.717, 1.165) is 31.6 Å². The van der Waals surface area contributed by atoms with Crippen LogP contribution in [0.3, 0.4) is 0 Å². The molecule has 1 saturated carbocycles. The summed E-state index contributed by atoms with van der Waals surface area (Å²) in [7, 11) is 1.79. The van der Waals surface area contributed by atoms with Crippen LogP contribution in [0.4, 0.5) is 4.79 Å². The number of nitrogens with zero attached hydrogens (tertiary/aromatic N) is 1. The Bertz CT molecular complexity index is 366. The van der Waals surface area contributed by atoms with Gasteiger partial charge < -0.3 is 20.1 Å². The van der Waals surface area contributed by atoms with Gasteiger partial charge in [0.25, 0.3) is 0 Å². The predicted molar refractivity (Wildman–Crippen MR) is 73.4 cm³/mol. The molecular weight excluding hydrogens is 260 g/mol. The molecule has 1 aliphatic carbocycles. The molecule has 2 rings (SSSR count). The Morgan fingerprint density at radius 1 is 1.20 bits per heavy atom. The van der Waals surface area contributed by atoms with Crippen LogP contribution in [-0.2, 0) is 9.53 Å². The Labute approximate surface area is 119 Å². The lowest BCUT2D eigenvalue weighted by Crippen LogP contribution is -2.51. The lowest BCUT2D eigenvalue weighted by atomic mass is 9.87. The zero-order valence-electron chi connectivity index (χ0n) is 12.2. The topological polar surface area (TPSA) is 78.9 Å². The number of urea groups is 1. The molecule has 0 bridgehead atoms. The van der Waals surface area contributed by atoms with Crippen molar-refractivity contribution in [2.45, 2.75) is 44.7 Å². The van der Waals surface area contributed by atoms with Crippen molar-refractivity contribution in [2.24, 2.45) is 11.8 Å². The molecule has 0 aromatic carbocycles. The number of aliphatic carboxylic acids is 1. The second-order valence-corrected chi connectivity index (χ2v) is 6.06. The molecule has 2 aliphatic rings. The van der Waals surface area contributed by atoms with E-state index in [1.165, 1.54) is 0 Å². The molecule has 2 unspecified atom stereocenters. The maximum Gasteiger partial charge on any atom is 0.317 e. The molecule has 6 heteroatoms. The Hall–Kier alpha value is -1.30. The predicted octanol–water partition coefficient (Wildman–Crippen LogP) is 1.31. The molecule has 0 aromatic heterocycles. The third-order valence-electron chi connectivity index (χ3n) is 4.56. The number of hydrogen-bond acceptors (Lipinski definition) is 3. The van der Waals surface area contributed by atoms with Crippen molar-refractivity contribution >= 4 is 12.0 Å². The van der Waals surface area contributed by atoms with E-state index in [9.17, 15) is 9.59 Å². The minimum atomic E-state index is -0.915. The normalized spacial score (nSPS) is 33.7. The van der Waals surface area contributed by atoms with E-state index >= 15 is 0 Å². The summed E-state index contributed by atoms with van der Waals surface area (Å²) in [4.78, 5) is 25.0. The standard InChI is InChI=1S/C14H24N2O4/c1-9-3-5-10(6-4-9)16(2)14(19)15-12-8-20-7-11(12)13(17)18/h9-12H,3-8H2,1-2H3,(H,15,19)(H,17,18). The van der Waals surface area contributed by atoms with E-state index in [1.54, 1.807) is 11.9 Å². The summed E-state index contributed by atoms with van der Waals surface area (Å²) in [5, 5.41) is 11.9. The summed E-state index contributed by atoms with van der Waals surface area (Å²) in [6.07, 6.45) is 4.34. The van der Waals surface area contributed by atoms with Crippen LogP contribution in [0.25, 0.3) is 0 Å². The van der Waals surface area contributed by atoms with Gasteiger partial charge >= 0.3 is 12.0 Å². The molecule has 0 spiro atoms. The molecule has 1 saturated heterocycles. The number of hydrogen-bond donors (Lipinski definition) is 2. The highest BCUT2D eigenvalue weighted by Gasteiger charge is 2.36. The number of carbonyl (C=O) groups is 2. The second kappa shape index (κ2) is 6.43. The number of nitrogens with one attached hydrogen (secondary N) is 1. The van der Waals surface area contributed by atoms with Gasteiger partial charge in [-0.15, -0.1) is 0 Å². The van der Waals surface area contributed by atoms with Crippen LogP contribution in [0.5, 0.6) is 0 Å². The molecule has 20 heavy (non-hydrogen) atoms. The number of carboxylic acid groups (broad SMARTS) is 1. The van der Waals surface area contributed by atoms with Gasteiger partial charge in [-0.2, -0.15) is 0 Å². The van der Waals surface area contributed by atoms with Crippen molar-refractivity contribution in [1.82, 2.24) is 10.2 Å². The lowest BCUT2D eigenvalue weighted by molar-refractivity contribution is -0.142. The number of ether oxygens (including phenoxy) is 1. The second-order valence-electron chi connectivity index (χ2n) is 6.06. The van der Waals surface area contributed by atoms with Crippen LogP contribution < -0.4 is 5.32 Å². The van der Waals surface area contributed by atoms with E-state index in [0.29, 0.717) is 0 Å². The monoisotopic (exact) mass is 284 g/mol. The molecule has 2 N–H and O–H groups in total. The highest BCUT2D eigenvalue weighted by atomic mass is 16.5. The molecular formula is C14H24N2O4. The van der Waals surface area contributed by atoms with Crippen molar-refractivity contribution in [3.8, 4) is 0 Å². The Morgan fingerprint density at radius 3 is 2.45 bits per heavy atom. The fourth-order valence-corrected chi connectivity index (χ4v) is 3.00. The van der Waals surface area contributed by atoms with Crippen molar-refractivity contribution in [3.05, 3.63) is 0 Å². The quantitative estimate of drug-likeness (QED) is 0.819. The van der Waals surface area contributed by atoms with Gasteiger partial charge in [0, 0.05) is 13.1 Å². The van der Waals surface area contributed by atoms with Crippen LogP contribution in [0.1, 0.15) is 32.6 Å². The molecule has 1 aliphatic heterocycles. The molecule has 6 nitrogen and oxygen atoms in total. The van der Waals surface area contributed by atoms with Gasteiger partial charge in [0.1, 0.15) is 5.92 Å². The maximum atomic E-state index is 12.2. The Morgan fingerprint density at radius 2 is 1.85 bits per heavy atom. The minimum Gasteiger partial charge on any atom is -0.481 e. The first-order valence-corrected chi connectivity index (χ1v) is 7.33. The summed E-state index contributed by atoms with van der Waals surface area (Å²) in [5.74, 6) is -0.817. The first-order chi connectivity index (χ1) is 9.49. The van der Waals surface area contributed by atoms with Crippen LogP contribution in [-0.4, -0.2) is 54.4 Å². The van der Waals surface area contributed by atoms with Crippen LogP contribution in [0, 0.1) is 11.8 Å². The van der Waals surface area contributed by atoms with Gasteiger partial charge in [-0.25, -0.2) is 4.79 Å². The minimum absolute atomic E-state index is 0.172. The van der Waals surface area contributed by atoms with Crippen LogP contribution in [0.2, 0.25) is 0 Å². The van der Waals surface area contributed by atoms with E-state index in [1.807, 2.05) is 0 Å². The first kappa shape index (κ1) is 15.1. The smallest absolute Gasteiger partial charge is 0.317 e. The zero-order chi connectivity index (χ0) is 14.7. The van der Waals surface area contributed by atoms with Crippen molar-refractivity contribution < 1.29 is 19.4 Å². The van der Waals surface area contributed by atoms with Gasteiger partial charge in [0.05, 0.1) is 19.3 Å². The zero-order valence-corrected chi connectivity index (χ0v) is 12.2. The third kappa shape index (κ3) is 3.42. The molecule has 0 radical (unpaired) electrons. The summed E-state index contributed by atoms with van der Waals surface area (Å²) < 4.78 is 5.16. The largest absolute Gasteiger partial charge is 0.481 e. The molecule has 2 amide bonds. The van der Waals surface area contributed by atoms with Gasteiger partial charge in [-0.05, 0) is 31.6 Å². The van der Waals surface area contributed by atoms with Gasteiger partial charge in [-0.1, -0.05) is 6.92 Å². The highest BCUT2D eigenvalue weighted by molar-refractivity contribution is 5.77. The fraction of sp³-hybridized carbons (Fsp3) is 0.857. The average Bonchev–Trinajstić information content (AvgIpc) is 2.87. The lowest BCUT2D eigenvalue weighted by Gasteiger charge is -2.34. The van der Waals surface area contributed by atoms with E-state index in [2.05, 4.69) is 12.2 Å². The number of carboxylic acids is 1. The van der Waals surface area contributed by atoms with Gasteiger partial charge in [0.15, 0.2) is 0 Å². The van der Waals surface area contributed by atoms with Crippen molar-refractivity contribution in [1.29, 1.82) is 0 Å². The van der Waals surface area contributed by atoms with Gasteiger partial charge in [0.2, 0.25) is 0 Å². The van der Waals surface area contributed by atoms with Gasteiger partial charge in [-0.3, -0.25) is 4.79 Å². The fourth-order valence-electron chi connectivity index (χ4n) is 3.00. The molecule has 1 heterocycles. The number of amides is 2. The number of rotatable bonds is 3. The number of carbonyl (C=O) groups excluding carboxylic acids is 1. The van der Waals surface area contributed by atoms with E-state index in [4.69, 9.17) is 9.84 Å². The molecule has 2 fully saturated rings. The molecule has 114 valence electrons. The summed E-state index contributed by atoms with van der Waals surface area (Å²) in [5.41, 5.74) is 0. The summed E-state index contributed by atoms with van der Waals surface area (Å²) in [6.45, 7) is 2.69. The SMILES string of the molecule is CC1CCC(N(C)C(=O)NC2COCC2C(=O)O)CC1. The average molecular weight is 284 g/mol. The third-order valence-corrected chi connectivity index (χ3v) is 4.56. The van der Waals surface area contributed by atoms with E-state index in [-0.39, 0.29) is 25.3 Å². The van der Waals surface area contributed by atoms with Crippen LogP contribution >= 0.6 is 0 Å². The molecule has 2 atom stereocenters. The maximum absolute atomic E-state index is 12.2. The summed E-state index contributed by atoms with van der Waals surface area (Å²) in [6, 6.07) is -0.354. The van der Waals surface area contributed by atoms with Crippen molar-refractivity contribution in [2.75, 3.05) is 20.3 Å².